The van der Waals surface area contributed by atoms with E-state index in [1.807, 2.05) is 0 Å². The van der Waals surface area contributed by atoms with E-state index in [4.69, 9.17) is 0 Å². The lowest BCUT2D eigenvalue weighted by molar-refractivity contribution is -0.118. The van der Waals surface area contributed by atoms with E-state index in [1.165, 1.54) is 6.07 Å². The van der Waals surface area contributed by atoms with E-state index in [-0.39, 0.29) is 17.5 Å². The summed E-state index contributed by atoms with van der Waals surface area (Å²) in [5.41, 5.74) is 1.13. The first-order valence-corrected chi connectivity index (χ1v) is 11.3. The fraction of sp³-hybridized carbons (Fsp3) is 0.500. The van der Waals surface area contributed by atoms with Crippen LogP contribution >= 0.6 is 0 Å². The molecule has 0 unspecified atom stereocenters. The largest absolute Gasteiger partial charge is 0.344 e. The van der Waals surface area contributed by atoms with Crippen molar-refractivity contribution in [1.29, 1.82) is 0 Å². The molecule has 1 amide bonds. The smallest absolute Gasteiger partial charge is 0.228 e. The van der Waals surface area contributed by atoms with Crippen LogP contribution in [0, 0.1) is 5.82 Å². The molecule has 1 aromatic heterocycles. The van der Waals surface area contributed by atoms with Gasteiger partial charge in [0.25, 0.3) is 0 Å². The third kappa shape index (κ3) is 4.84. The van der Waals surface area contributed by atoms with Gasteiger partial charge in [0.1, 0.15) is 5.82 Å². The summed E-state index contributed by atoms with van der Waals surface area (Å²) in [6.07, 6.45) is 3.27. The fourth-order valence-electron chi connectivity index (χ4n) is 3.41. The van der Waals surface area contributed by atoms with Gasteiger partial charge in [-0.05, 0) is 26.3 Å². The zero-order valence-electron chi connectivity index (χ0n) is 16.8. The van der Waals surface area contributed by atoms with Crippen molar-refractivity contribution < 1.29 is 17.6 Å². The summed E-state index contributed by atoms with van der Waals surface area (Å²) >= 11 is 0. The van der Waals surface area contributed by atoms with Crippen LogP contribution in [0.1, 0.15) is 31.5 Å². The van der Waals surface area contributed by atoms with Crippen LogP contribution in [0.3, 0.4) is 0 Å². The van der Waals surface area contributed by atoms with Gasteiger partial charge < -0.3 is 9.47 Å². The monoisotopic (exact) mass is 422 g/mol. The third-order valence-corrected chi connectivity index (χ3v) is 7.30. The molecule has 1 saturated heterocycles. The number of imidazole rings is 1. The lowest BCUT2D eigenvalue weighted by Gasteiger charge is -2.21. The van der Waals surface area contributed by atoms with Crippen LogP contribution in [0.5, 0.6) is 0 Å². The SMILES string of the molecule is CC(C)S(=O)(=O)c1ncc(CN2CCCN(C=O)CC2)n1Cc1ccccc1F. The van der Waals surface area contributed by atoms with E-state index in [0.29, 0.717) is 37.4 Å². The molecule has 29 heavy (non-hydrogen) atoms. The number of benzene rings is 1. The van der Waals surface area contributed by atoms with E-state index >= 15 is 0 Å². The molecule has 1 aliphatic heterocycles. The van der Waals surface area contributed by atoms with Gasteiger partial charge in [0.15, 0.2) is 0 Å². The molecule has 0 saturated carbocycles. The maximum atomic E-state index is 14.3. The van der Waals surface area contributed by atoms with Crippen molar-refractivity contribution in [2.24, 2.45) is 0 Å². The van der Waals surface area contributed by atoms with Crippen molar-refractivity contribution in [3.05, 3.63) is 47.5 Å². The number of halogens is 1. The second-order valence-corrected chi connectivity index (χ2v) is 9.97. The Morgan fingerprint density at radius 1 is 1.14 bits per heavy atom. The van der Waals surface area contributed by atoms with Crippen LogP contribution in [-0.2, 0) is 27.7 Å². The summed E-state index contributed by atoms with van der Waals surface area (Å²) < 4.78 is 41.5. The molecular formula is C20H27FN4O3S. The molecule has 0 spiro atoms. The van der Waals surface area contributed by atoms with E-state index in [2.05, 4.69) is 9.88 Å². The normalized spacial score (nSPS) is 16.2. The fourth-order valence-corrected chi connectivity index (χ4v) is 4.52. The minimum absolute atomic E-state index is 0.0323. The molecule has 1 fully saturated rings. The van der Waals surface area contributed by atoms with Gasteiger partial charge in [-0.2, -0.15) is 0 Å². The summed E-state index contributed by atoms with van der Waals surface area (Å²) in [4.78, 5) is 19.2. The number of carbonyl (C=O) groups excluding carboxylic acids is 1. The zero-order chi connectivity index (χ0) is 21.0. The van der Waals surface area contributed by atoms with Gasteiger partial charge in [0.05, 0.1) is 23.7 Å². The third-order valence-electron chi connectivity index (χ3n) is 5.22. The molecule has 0 aliphatic carbocycles. The van der Waals surface area contributed by atoms with Gasteiger partial charge in [-0.15, -0.1) is 0 Å². The van der Waals surface area contributed by atoms with Gasteiger partial charge in [-0.1, -0.05) is 18.2 Å². The lowest BCUT2D eigenvalue weighted by atomic mass is 10.2. The van der Waals surface area contributed by atoms with Gasteiger partial charge in [-0.3, -0.25) is 9.69 Å². The molecule has 0 N–H and O–H groups in total. The van der Waals surface area contributed by atoms with E-state index < -0.39 is 15.1 Å². The second kappa shape index (κ2) is 9.04. The molecule has 0 atom stereocenters. The van der Waals surface area contributed by atoms with Crippen molar-refractivity contribution in [3.63, 3.8) is 0 Å². The molecular weight excluding hydrogens is 395 g/mol. The topological polar surface area (TPSA) is 75.5 Å². The average molecular weight is 423 g/mol. The van der Waals surface area contributed by atoms with E-state index in [1.54, 1.807) is 47.7 Å². The molecule has 0 bridgehead atoms. The number of carbonyl (C=O) groups is 1. The van der Waals surface area contributed by atoms with Gasteiger partial charge in [-0.25, -0.2) is 17.8 Å². The Labute approximate surface area is 171 Å². The van der Waals surface area contributed by atoms with Crippen molar-refractivity contribution in [2.45, 2.75) is 43.8 Å². The van der Waals surface area contributed by atoms with Gasteiger partial charge in [0, 0.05) is 38.3 Å². The summed E-state index contributed by atoms with van der Waals surface area (Å²) in [5.74, 6) is -0.378. The molecule has 9 heteroatoms. The first-order chi connectivity index (χ1) is 13.8. The number of amides is 1. The molecule has 2 aromatic rings. The Kier molecular flexibility index (Phi) is 6.69. The Bertz CT molecular complexity index is 958. The van der Waals surface area contributed by atoms with E-state index in [9.17, 15) is 17.6 Å². The quantitative estimate of drug-likeness (QED) is 0.638. The van der Waals surface area contributed by atoms with Gasteiger partial charge >= 0.3 is 0 Å². The standard InChI is InChI=1S/C20H27FN4O3S/c1-16(2)29(27,28)20-22-12-18(14-23-8-5-9-24(15-26)11-10-23)25(20)13-17-6-3-4-7-19(17)21/h3-4,6-7,12,15-16H,5,8-11,13-14H2,1-2H3. The first kappa shape index (κ1) is 21.4. The number of nitrogens with zero attached hydrogens (tertiary/aromatic N) is 4. The number of rotatable bonds is 7. The molecule has 158 valence electrons. The predicted molar refractivity (Wildman–Crippen MR) is 108 cm³/mol. The van der Waals surface area contributed by atoms with Crippen LogP contribution in [0.4, 0.5) is 4.39 Å². The maximum Gasteiger partial charge on any atom is 0.228 e. The minimum atomic E-state index is -3.62. The highest BCUT2D eigenvalue weighted by atomic mass is 32.2. The van der Waals surface area contributed by atoms with Crippen LogP contribution in [0.25, 0.3) is 0 Å². The van der Waals surface area contributed by atoms with Crippen LogP contribution in [0.2, 0.25) is 0 Å². The summed E-state index contributed by atoms with van der Waals surface area (Å²) in [6, 6.07) is 6.36. The average Bonchev–Trinajstić information content (AvgIpc) is 2.93. The molecule has 0 radical (unpaired) electrons. The van der Waals surface area contributed by atoms with Crippen molar-refractivity contribution in [3.8, 4) is 0 Å². The van der Waals surface area contributed by atoms with Crippen molar-refractivity contribution in [1.82, 2.24) is 19.4 Å². The summed E-state index contributed by atoms with van der Waals surface area (Å²) in [6.45, 7) is 6.63. The Morgan fingerprint density at radius 2 is 1.90 bits per heavy atom. The number of sulfone groups is 1. The lowest BCUT2D eigenvalue weighted by Crippen LogP contribution is -2.30. The van der Waals surface area contributed by atoms with Crippen LogP contribution in [0.15, 0.2) is 35.6 Å². The summed E-state index contributed by atoms with van der Waals surface area (Å²) in [7, 11) is -3.62. The molecule has 1 aliphatic rings. The molecule has 1 aromatic carbocycles. The Balaban J connectivity index is 1.93. The Hall–Kier alpha value is -2.26. The second-order valence-electron chi connectivity index (χ2n) is 7.57. The highest BCUT2D eigenvalue weighted by Crippen LogP contribution is 2.21. The highest BCUT2D eigenvalue weighted by Gasteiger charge is 2.28. The van der Waals surface area contributed by atoms with Gasteiger partial charge in [0.2, 0.25) is 21.4 Å². The molecule has 7 nitrogen and oxygen atoms in total. The predicted octanol–water partition coefficient (Wildman–Crippen LogP) is 1.92. The van der Waals surface area contributed by atoms with Crippen molar-refractivity contribution >= 4 is 16.2 Å². The van der Waals surface area contributed by atoms with E-state index in [0.717, 1.165) is 19.4 Å². The minimum Gasteiger partial charge on any atom is -0.344 e. The van der Waals surface area contributed by atoms with Crippen LogP contribution < -0.4 is 0 Å². The molecule has 2 heterocycles. The number of hydrogen-bond acceptors (Lipinski definition) is 5. The van der Waals surface area contributed by atoms with Crippen molar-refractivity contribution in [2.75, 3.05) is 26.2 Å². The first-order valence-electron chi connectivity index (χ1n) is 9.76. The zero-order valence-corrected chi connectivity index (χ0v) is 17.6. The van der Waals surface area contributed by atoms with Crippen LogP contribution in [-0.4, -0.2) is 65.6 Å². The maximum absolute atomic E-state index is 14.3. The highest BCUT2D eigenvalue weighted by molar-refractivity contribution is 7.91. The summed E-state index contributed by atoms with van der Waals surface area (Å²) in [5, 5.41) is -0.661. The molecule has 3 rings (SSSR count). The number of hydrogen-bond donors (Lipinski definition) is 0. The Morgan fingerprint density at radius 3 is 2.59 bits per heavy atom. The number of aromatic nitrogens is 2.